The average molecular weight is 566 g/mol. The van der Waals surface area contributed by atoms with E-state index in [1.807, 2.05) is 13.0 Å². The smallest absolute Gasteiger partial charge is 0.354 e. The first kappa shape index (κ1) is 26.4. The van der Waals surface area contributed by atoms with E-state index < -0.39 is 17.5 Å². The molecule has 1 spiro atoms. The first-order valence-corrected chi connectivity index (χ1v) is 14.3. The van der Waals surface area contributed by atoms with Crippen molar-refractivity contribution in [3.05, 3.63) is 77.2 Å². The summed E-state index contributed by atoms with van der Waals surface area (Å²) in [5.74, 6) is -1.69. The molecule has 0 unspecified atom stereocenters. The van der Waals surface area contributed by atoms with E-state index in [2.05, 4.69) is 21.1 Å². The second-order valence-corrected chi connectivity index (χ2v) is 11.5. The number of pyridine rings is 1. The van der Waals surface area contributed by atoms with Gasteiger partial charge in [-0.25, -0.2) is 9.78 Å². The molecule has 2 N–H and O–H groups in total. The zero-order valence-electron chi connectivity index (χ0n) is 23.5. The predicted molar refractivity (Wildman–Crippen MR) is 156 cm³/mol. The molecule has 3 aliphatic rings. The van der Waals surface area contributed by atoms with Gasteiger partial charge in [-0.15, -0.1) is 0 Å². The number of carboxylic acid groups (broad SMARTS) is 1. The first-order valence-electron chi connectivity index (χ1n) is 14.3. The number of hydrogen-bond donors (Lipinski definition) is 2. The second kappa shape index (κ2) is 9.80. The molecule has 1 saturated heterocycles. The number of aromatic carboxylic acids is 1. The molecule has 1 aliphatic carbocycles. The predicted octanol–water partition coefficient (Wildman–Crippen LogP) is 5.25. The first-order chi connectivity index (χ1) is 20.3. The van der Waals surface area contributed by atoms with Gasteiger partial charge in [-0.2, -0.15) is 0 Å². The summed E-state index contributed by atoms with van der Waals surface area (Å²) in [4.78, 5) is 44.3. The van der Waals surface area contributed by atoms with Crippen LogP contribution in [0.15, 0.2) is 54.9 Å². The number of aryl methyl sites for hydroxylation is 1. The third-order valence-corrected chi connectivity index (χ3v) is 8.90. The monoisotopic (exact) mass is 565 g/mol. The maximum atomic E-state index is 14.5. The lowest BCUT2D eigenvalue weighted by Gasteiger charge is -2.45. The molecular formula is C33H31N3O6. The molecule has 214 valence electrons. The van der Waals surface area contributed by atoms with Gasteiger partial charge in [0.15, 0.2) is 11.6 Å². The molecule has 1 saturated carbocycles. The molecule has 4 aromatic rings. The highest BCUT2D eigenvalue weighted by molar-refractivity contribution is 6.19. The zero-order chi connectivity index (χ0) is 29.2. The van der Waals surface area contributed by atoms with Crippen molar-refractivity contribution in [2.24, 2.45) is 5.92 Å². The number of ether oxygens (including phenoxy) is 2. The van der Waals surface area contributed by atoms with E-state index in [0.29, 0.717) is 65.7 Å². The third kappa shape index (κ3) is 4.18. The number of methoxy groups -OCH3 is 1. The van der Waals surface area contributed by atoms with Crippen molar-refractivity contribution in [1.29, 1.82) is 0 Å². The summed E-state index contributed by atoms with van der Waals surface area (Å²) >= 11 is 0. The summed E-state index contributed by atoms with van der Waals surface area (Å²) in [6.45, 7) is 3.31. The Hall–Kier alpha value is -4.50. The van der Waals surface area contributed by atoms with E-state index in [9.17, 15) is 19.5 Å². The summed E-state index contributed by atoms with van der Waals surface area (Å²) in [5.41, 5.74) is 2.95. The third-order valence-electron chi connectivity index (χ3n) is 8.90. The van der Waals surface area contributed by atoms with Gasteiger partial charge >= 0.3 is 5.97 Å². The summed E-state index contributed by atoms with van der Waals surface area (Å²) in [6, 6.07) is 12.5. The van der Waals surface area contributed by atoms with Crippen molar-refractivity contribution in [1.82, 2.24) is 14.9 Å². The number of benzene rings is 2. The Morgan fingerprint density at radius 1 is 1.10 bits per heavy atom. The number of ketones is 2. The van der Waals surface area contributed by atoms with Crippen molar-refractivity contribution < 1.29 is 29.0 Å². The lowest BCUT2D eigenvalue weighted by Crippen LogP contribution is -2.58. The minimum absolute atomic E-state index is 0.0926. The highest BCUT2D eigenvalue weighted by Gasteiger charge is 2.54. The van der Waals surface area contributed by atoms with Gasteiger partial charge in [-0.3, -0.25) is 9.59 Å². The van der Waals surface area contributed by atoms with Crippen molar-refractivity contribution in [3.8, 4) is 22.6 Å². The van der Waals surface area contributed by atoms with Gasteiger partial charge in [0.1, 0.15) is 28.7 Å². The van der Waals surface area contributed by atoms with Gasteiger partial charge < -0.3 is 24.5 Å². The maximum absolute atomic E-state index is 14.5. The fourth-order valence-electron chi connectivity index (χ4n) is 6.66. The minimum Gasteiger partial charge on any atom is -0.496 e. The van der Waals surface area contributed by atoms with Gasteiger partial charge in [0.2, 0.25) is 0 Å². The molecule has 2 aliphatic heterocycles. The average Bonchev–Trinajstić information content (AvgIpc) is 3.79. The molecule has 7 rings (SSSR count). The fraction of sp³-hybridized carbons (Fsp3) is 0.333. The molecule has 9 nitrogen and oxygen atoms in total. The topological polar surface area (TPSA) is 120 Å². The molecule has 9 heteroatoms. The van der Waals surface area contributed by atoms with Crippen LogP contribution in [0.1, 0.15) is 68.5 Å². The Bertz CT molecular complexity index is 1780. The summed E-state index contributed by atoms with van der Waals surface area (Å²) in [5, 5.41) is 13.7. The van der Waals surface area contributed by atoms with Crippen LogP contribution in [0, 0.1) is 12.8 Å². The quantitative estimate of drug-likeness (QED) is 0.240. The minimum atomic E-state index is -1.14. The van der Waals surface area contributed by atoms with Crippen LogP contribution in [0.2, 0.25) is 0 Å². The van der Waals surface area contributed by atoms with Gasteiger partial charge in [0, 0.05) is 42.2 Å². The SMILES string of the molecule is COc1cc(C(=O)[C@@H]2C(=O)c3cc(-c4ccnc(C(=O)O)c4)ccc3OC23CCNCC3)cc2c1c(C)cn2C1CC1. The molecule has 0 amide bonds. The van der Waals surface area contributed by atoms with Crippen molar-refractivity contribution >= 4 is 28.4 Å². The Kier molecular flexibility index (Phi) is 6.16. The molecule has 2 fully saturated rings. The van der Waals surface area contributed by atoms with Crippen LogP contribution < -0.4 is 14.8 Å². The summed E-state index contributed by atoms with van der Waals surface area (Å²) in [7, 11) is 1.60. The number of carboxylic acids is 1. The van der Waals surface area contributed by atoms with E-state index in [1.165, 1.54) is 12.3 Å². The number of piperidine rings is 1. The van der Waals surface area contributed by atoms with E-state index in [0.717, 1.165) is 29.3 Å². The summed E-state index contributed by atoms with van der Waals surface area (Å²) < 4.78 is 14.6. The van der Waals surface area contributed by atoms with Gasteiger partial charge in [0.05, 0.1) is 18.2 Å². The fourth-order valence-corrected chi connectivity index (χ4v) is 6.66. The Labute approximate surface area is 242 Å². The lowest BCUT2D eigenvalue weighted by molar-refractivity contribution is -0.0138. The zero-order valence-corrected chi connectivity index (χ0v) is 23.5. The van der Waals surface area contributed by atoms with E-state index in [-0.39, 0.29) is 17.3 Å². The Morgan fingerprint density at radius 3 is 2.57 bits per heavy atom. The van der Waals surface area contributed by atoms with E-state index >= 15 is 0 Å². The van der Waals surface area contributed by atoms with Gasteiger partial charge in [0.25, 0.3) is 0 Å². The molecule has 1 atom stereocenters. The molecule has 0 bridgehead atoms. The van der Waals surface area contributed by atoms with Crippen LogP contribution in [0.25, 0.3) is 22.0 Å². The van der Waals surface area contributed by atoms with Crippen LogP contribution in [-0.4, -0.2) is 58.0 Å². The number of hydrogen-bond acceptors (Lipinski definition) is 7. The van der Waals surface area contributed by atoms with E-state index in [1.54, 1.807) is 37.4 Å². The van der Waals surface area contributed by atoms with Crippen LogP contribution in [0.5, 0.6) is 11.5 Å². The molecule has 0 radical (unpaired) electrons. The molecule has 2 aromatic carbocycles. The van der Waals surface area contributed by atoms with E-state index in [4.69, 9.17) is 9.47 Å². The number of nitrogens with zero attached hydrogens (tertiary/aromatic N) is 2. The lowest BCUT2D eigenvalue weighted by atomic mass is 9.70. The van der Waals surface area contributed by atoms with Crippen LogP contribution in [-0.2, 0) is 0 Å². The number of rotatable bonds is 6. The normalized spacial score (nSPS) is 19.4. The Morgan fingerprint density at radius 2 is 1.86 bits per heavy atom. The number of nitrogens with one attached hydrogen (secondary N) is 1. The van der Waals surface area contributed by atoms with Gasteiger partial charge in [-0.1, -0.05) is 6.07 Å². The molecular weight excluding hydrogens is 534 g/mol. The van der Waals surface area contributed by atoms with Crippen LogP contribution in [0.3, 0.4) is 0 Å². The molecule has 2 aromatic heterocycles. The summed E-state index contributed by atoms with van der Waals surface area (Å²) in [6.07, 6.45) is 6.77. The largest absolute Gasteiger partial charge is 0.496 e. The molecule has 42 heavy (non-hydrogen) atoms. The van der Waals surface area contributed by atoms with Crippen molar-refractivity contribution in [2.75, 3.05) is 20.2 Å². The van der Waals surface area contributed by atoms with Crippen LogP contribution in [0.4, 0.5) is 0 Å². The highest BCUT2D eigenvalue weighted by Crippen LogP contribution is 2.46. The van der Waals surface area contributed by atoms with Crippen LogP contribution >= 0.6 is 0 Å². The van der Waals surface area contributed by atoms with Gasteiger partial charge in [-0.05, 0) is 85.9 Å². The number of aromatic nitrogens is 2. The second-order valence-electron chi connectivity index (χ2n) is 11.5. The number of Topliss-reactive ketones (excluding diaryl/α,β-unsaturated/α-hetero) is 2. The standard InChI is InChI=1S/C33H31N3O6/c1-18-17-36(22-4-5-22)25-15-21(16-27(41-2)28(18)25)30(37)29-31(38)23-13-19(20-7-10-35-24(14-20)32(39)40)3-6-26(23)42-33(29)8-11-34-12-9-33/h3,6-7,10,13-17,22,29,34H,4-5,8-9,11-12H2,1-2H3,(H,39,40)/t29-/m1/s1. The maximum Gasteiger partial charge on any atom is 0.354 e. The van der Waals surface area contributed by atoms with Crippen molar-refractivity contribution in [2.45, 2.75) is 44.2 Å². The molecule has 4 heterocycles. The number of carbonyl (C=O) groups is 3. The highest BCUT2D eigenvalue weighted by atomic mass is 16.5. The van der Waals surface area contributed by atoms with Crippen molar-refractivity contribution in [3.63, 3.8) is 0 Å². The Balaban J connectivity index is 1.34. The number of fused-ring (bicyclic) bond motifs is 2. The number of carbonyl (C=O) groups excluding carboxylic acids is 2.